The number of aromatic nitrogens is 5. The molecule has 8 heteroatoms. The second-order valence-electron chi connectivity index (χ2n) is 6.25. The molecule has 0 aromatic carbocycles. The monoisotopic (exact) mass is 355 g/mol. The fraction of sp³-hybridized carbons (Fsp3) is 0.444. The summed E-state index contributed by atoms with van der Waals surface area (Å²) in [5, 5.41) is 12.7. The summed E-state index contributed by atoms with van der Waals surface area (Å²) in [7, 11) is 0. The Hall–Kier alpha value is -2.74. The van der Waals surface area contributed by atoms with Crippen LogP contribution in [-0.4, -0.2) is 38.2 Å². The Labute approximate surface area is 151 Å². The fourth-order valence-electron chi connectivity index (χ4n) is 3.14. The van der Waals surface area contributed by atoms with Gasteiger partial charge in [0.2, 0.25) is 11.8 Å². The van der Waals surface area contributed by atoms with E-state index in [2.05, 4.69) is 20.3 Å². The van der Waals surface area contributed by atoms with Gasteiger partial charge in [0, 0.05) is 37.2 Å². The maximum atomic E-state index is 5.93. The molecule has 1 aliphatic rings. The van der Waals surface area contributed by atoms with Gasteiger partial charge in [-0.05, 0) is 38.5 Å². The highest BCUT2D eigenvalue weighted by molar-refractivity contribution is 5.59. The van der Waals surface area contributed by atoms with Gasteiger partial charge in [-0.15, -0.1) is 10.2 Å². The van der Waals surface area contributed by atoms with Crippen molar-refractivity contribution in [2.24, 2.45) is 5.92 Å². The molecule has 0 saturated carbocycles. The van der Waals surface area contributed by atoms with Crippen LogP contribution in [0.2, 0.25) is 0 Å². The largest absolute Gasteiger partial charge is 0.477 e. The van der Waals surface area contributed by atoms with E-state index in [0.717, 1.165) is 18.7 Å². The Morgan fingerprint density at radius 2 is 2.23 bits per heavy atom. The molecule has 1 aliphatic heterocycles. The van der Waals surface area contributed by atoms with Crippen LogP contribution in [0.25, 0.3) is 11.5 Å². The highest BCUT2D eigenvalue weighted by Crippen LogP contribution is 2.37. The Kier molecular flexibility index (Phi) is 4.66. The van der Waals surface area contributed by atoms with Gasteiger partial charge in [-0.3, -0.25) is 4.68 Å². The summed E-state index contributed by atoms with van der Waals surface area (Å²) < 4.78 is 19.3. The third kappa shape index (κ3) is 3.32. The van der Waals surface area contributed by atoms with Crippen LogP contribution < -0.4 is 4.74 Å². The standard InChI is InChI=1S/C18H21N5O3/c1-3-24-16-14(6-5-12(2)20-16)17-21-22-18(26-17)15-13(7-10-25-15)11-23-9-4-8-19-23/h4-6,8-9,13,15H,3,7,10-11H2,1-2H3/t13-,15-/m0/s1. The molecule has 8 nitrogen and oxygen atoms in total. The third-order valence-electron chi connectivity index (χ3n) is 4.39. The van der Waals surface area contributed by atoms with Gasteiger partial charge in [-0.25, -0.2) is 4.98 Å². The summed E-state index contributed by atoms with van der Waals surface area (Å²) in [4.78, 5) is 4.42. The molecule has 0 N–H and O–H groups in total. The van der Waals surface area contributed by atoms with Crippen molar-refractivity contribution in [3.05, 3.63) is 42.2 Å². The first-order valence-corrected chi connectivity index (χ1v) is 8.78. The van der Waals surface area contributed by atoms with E-state index < -0.39 is 0 Å². The van der Waals surface area contributed by atoms with Crippen molar-refractivity contribution >= 4 is 0 Å². The minimum atomic E-state index is -0.227. The van der Waals surface area contributed by atoms with Gasteiger partial charge in [-0.1, -0.05) is 0 Å². The van der Waals surface area contributed by atoms with Crippen molar-refractivity contribution in [1.82, 2.24) is 25.0 Å². The second-order valence-corrected chi connectivity index (χ2v) is 6.25. The molecule has 4 rings (SSSR count). The van der Waals surface area contributed by atoms with Crippen molar-refractivity contribution < 1.29 is 13.9 Å². The lowest BCUT2D eigenvalue weighted by molar-refractivity contribution is 0.0633. The van der Waals surface area contributed by atoms with Gasteiger partial charge in [0.1, 0.15) is 11.7 Å². The lowest BCUT2D eigenvalue weighted by atomic mass is 10.0. The number of nitrogens with zero attached hydrogens (tertiary/aromatic N) is 5. The zero-order valence-corrected chi connectivity index (χ0v) is 14.8. The molecule has 26 heavy (non-hydrogen) atoms. The summed E-state index contributed by atoms with van der Waals surface area (Å²) >= 11 is 0. The number of hydrogen-bond donors (Lipinski definition) is 0. The molecule has 1 saturated heterocycles. The van der Waals surface area contributed by atoms with E-state index in [4.69, 9.17) is 13.9 Å². The van der Waals surface area contributed by atoms with Crippen LogP contribution in [0.15, 0.2) is 35.0 Å². The molecule has 136 valence electrons. The average Bonchev–Trinajstić information content (AvgIpc) is 3.37. The fourth-order valence-corrected chi connectivity index (χ4v) is 3.14. The SMILES string of the molecule is CCOc1nc(C)ccc1-c1nnc([C@H]2OCC[C@H]2Cn2cccn2)o1. The normalized spacial score (nSPS) is 19.8. The molecule has 2 atom stereocenters. The molecule has 0 unspecified atom stereocenters. The number of pyridine rings is 1. The molecular formula is C18H21N5O3. The van der Waals surface area contributed by atoms with Gasteiger partial charge >= 0.3 is 0 Å². The van der Waals surface area contributed by atoms with Crippen molar-refractivity contribution in [1.29, 1.82) is 0 Å². The van der Waals surface area contributed by atoms with Gasteiger partial charge in [0.25, 0.3) is 5.89 Å². The van der Waals surface area contributed by atoms with Gasteiger partial charge in [0.15, 0.2) is 0 Å². The van der Waals surface area contributed by atoms with Crippen molar-refractivity contribution in [3.8, 4) is 17.3 Å². The summed E-state index contributed by atoms with van der Waals surface area (Å²) in [5.74, 6) is 1.62. The summed E-state index contributed by atoms with van der Waals surface area (Å²) in [6.45, 7) is 5.77. The van der Waals surface area contributed by atoms with E-state index in [1.807, 2.05) is 42.9 Å². The topological polar surface area (TPSA) is 88.1 Å². The number of hydrogen-bond acceptors (Lipinski definition) is 7. The van der Waals surface area contributed by atoms with Crippen LogP contribution >= 0.6 is 0 Å². The molecule has 0 aliphatic carbocycles. The average molecular weight is 355 g/mol. The van der Waals surface area contributed by atoms with Crippen LogP contribution in [0.4, 0.5) is 0 Å². The van der Waals surface area contributed by atoms with Crippen LogP contribution in [0.5, 0.6) is 5.88 Å². The first-order valence-electron chi connectivity index (χ1n) is 8.78. The molecule has 0 spiro atoms. The van der Waals surface area contributed by atoms with Crippen LogP contribution in [-0.2, 0) is 11.3 Å². The zero-order chi connectivity index (χ0) is 17.9. The van der Waals surface area contributed by atoms with Crippen molar-refractivity contribution in [2.75, 3.05) is 13.2 Å². The summed E-state index contributed by atoms with van der Waals surface area (Å²) in [5.41, 5.74) is 1.56. The minimum Gasteiger partial charge on any atom is -0.477 e. The molecule has 3 aromatic rings. The van der Waals surface area contributed by atoms with E-state index in [0.29, 0.717) is 36.4 Å². The quantitative estimate of drug-likeness (QED) is 0.672. The molecule has 0 amide bonds. The van der Waals surface area contributed by atoms with Gasteiger partial charge in [0.05, 0.1) is 6.61 Å². The molecular weight excluding hydrogens is 334 g/mol. The van der Waals surface area contributed by atoms with E-state index in [1.54, 1.807) is 6.20 Å². The smallest absolute Gasteiger partial charge is 0.253 e. The molecule has 3 aromatic heterocycles. The maximum Gasteiger partial charge on any atom is 0.253 e. The minimum absolute atomic E-state index is 0.227. The van der Waals surface area contributed by atoms with Crippen LogP contribution in [0.3, 0.4) is 0 Å². The maximum absolute atomic E-state index is 5.93. The van der Waals surface area contributed by atoms with E-state index >= 15 is 0 Å². The van der Waals surface area contributed by atoms with Crippen molar-refractivity contribution in [2.45, 2.75) is 32.9 Å². The molecule has 4 heterocycles. The first kappa shape index (κ1) is 16.7. The number of ether oxygens (including phenoxy) is 2. The van der Waals surface area contributed by atoms with Crippen LogP contribution in [0.1, 0.15) is 31.0 Å². The lowest BCUT2D eigenvalue weighted by Crippen LogP contribution is -2.15. The van der Waals surface area contributed by atoms with E-state index in [9.17, 15) is 0 Å². The highest BCUT2D eigenvalue weighted by Gasteiger charge is 2.34. The lowest BCUT2D eigenvalue weighted by Gasteiger charge is -2.14. The second kappa shape index (κ2) is 7.25. The zero-order valence-electron chi connectivity index (χ0n) is 14.8. The predicted molar refractivity (Wildman–Crippen MR) is 92.5 cm³/mol. The van der Waals surface area contributed by atoms with Gasteiger partial charge < -0.3 is 13.9 Å². The van der Waals surface area contributed by atoms with E-state index in [1.165, 1.54) is 0 Å². The predicted octanol–water partition coefficient (Wildman–Crippen LogP) is 2.81. The summed E-state index contributed by atoms with van der Waals surface area (Å²) in [6, 6.07) is 5.70. The number of rotatable bonds is 6. The summed E-state index contributed by atoms with van der Waals surface area (Å²) in [6.07, 6.45) is 4.42. The molecule has 1 fully saturated rings. The molecule has 0 bridgehead atoms. The Morgan fingerprint density at radius 3 is 3.04 bits per heavy atom. The highest BCUT2D eigenvalue weighted by atomic mass is 16.5. The first-order chi connectivity index (χ1) is 12.7. The third-order valence-corrected chi connectivity index (χ3v) is 4.39. The Balaban J connectivity index is 1.58. The van der Waals surface area contributed by atoms with Gasteiger partial charge in [-0.2, -0.15) is 5.10 Å². The van der Waals surface area contributed by atoms with E-state index in [-0.39, 0.29) is 12.0 Å². The Bertz CT molecular complexity index is 862. The number of aryl methyl sites for hydroxylation is 1. The molecule has 0 radical (unpaired) electrons. The van der Waals surface area contributed by atoms with Crippen molar-refractivity contribution in [3.63, 3.8) is 0 Å². The Morgan fingerprint density at radius 1 is 1.31 bits per heavy atom. The van der Waals surface area contributed by atoms with Crippen LogP contribution in [0, 0.1) is 12.8 Å².